The summed E-state index contributed by atoms with van der Waals surface area (Å²) in [5.41, 5.74) is 0.961. The first-order valence-electron chi connectivity index (χ1n) is 5.55. The average Bonchev–Trinajstić information content (AvgIpc) is 2.18. The van der Waals surface area contributed by atoms with E-state index in [1.807, 2.05) is 0 Å². The molecule has 118 valence electrons. The molecule has 0 saturated heterocycles. The zero-order valence-corrected chi connectivity index (χ0v) is 12.4. The third-order valence-corrected chi connectivity index (χ3v) is 3.22. The standard InChI is InChI=1S/C12H10BrF6NO/c1-5-3-6(2)8(7(13)4-5)20-10(21)9(11(14,15)16)12(17,18)19/h3-4,9H,1-2H3,(H,20,21). The monoisotopic (exact) mass is 377 g/mol. The first-order chi connectivity index (χ1) is 9.34. The summed E-state index contributed by atoms with van der Waals surface area (Å²) in [4.78, 5) is 11.4. The smallest absolute Gasteiger partial charge is 0.324 e. The van der Waals surface area contributed by atoms with E-state index in [4.69, 9.17) is 0 Å². The largest absolute Gasteiger partial charge is 0.409 e. The molecule has 1 aromatic carbocycles. The first-order valence-corrected chi connectivity index (χ1v) is 6.34. The molecule has 0 heterocycles. The Morgan fingerprint density at radius 1 is 1.10 bits per heavy atom. The van der Waals surface area contributed by atoms with Crippen LogP contribution in [0.5, 0.6) is 0 Å². The number of halogens is 7. The maximum atomic E-state index is 12.4. The molecule has 1 amide bonds. The third-order valence-electron chi connectivity index (χ3n) is 2.60. The van der Waals surface area contributed by atoms with Gasteiger partial charge in [0, 0.05) is 4.47 Å². The molecule has 2 nitrogen and oxygen atoms in total. The van der Waals surface area contributed by atoms with E-state index in [9.17, 15) is 31.1 Å². The highest BCUT2D eigenvalue weighted by atomic mass is 79.9. The molecule has 0 unspecified atom stereocenters. The average molecular weight is 378 g/mol. The number of amides is 1. The molecule has 0 bridgehead atoms. The number of carbonyl (C=O) groups excluding carboxylic acids is 1. The zero-order valence-electron chi connectivity index (χ0n) is 10.8. The first kappa shape index (κ1) is 17.8. The number of alkyl halides is 6. The lowest BCUT2D eigenvalue weighted by atomic mass is 10.1. The molecule has 0 aliphatic carbocycles. The van der Waals surface area contributed by atoms with Gasteiger partial charge in [0.15, 0.2) is 0 Å². The molecule has 1 N–H and O–H groups in total. The van der Waals surface area contributed by atoms with Crippen molar-refractivity contribution in [3.05, 3.63) is 27.7 Å². The van der Waals surface area contributed by atoms with Crippen LogP contribution in [0.2, 0.25) is 0 Å². The van der Waals surface area contributed by atoms with Gasteiger partial charge in [0.2, 0.25) is 11.8 Å². The van der Waals surface area contributed by atoms with E-state index in [-0.39, 0.29) is 10.2 Å². The van der Waals surface area contributed by atoms with Crippen LogP contribution in [0.3, 0.4) is 0 Å². The third kappa shape index (κ3) is 4.36. The minimum atomic E-state index is -5.71. The van der Waals surface area contributed by atoms with Gasteiger partial charge in [-0.25, -0.2) is 0 Å². The molecular formula is C12H10BrF6NO. The Bertz CT molecular complexity index is 515. The van der Waals surface area contributed by atoms with Crippen molar-refractivity contribution in [1.82, 2.24) is 0 Å². The van der Waals surface area contributed by atoms with Crippen LogP contribution < -0.4 is 5.32 Å². The number of aryl methyl sites for hydroxylation is 2. The summed E-state index contributed by atoms with van der Waals surface area (Å²) in [6.45, 7) is 3.15. The van der Waals surface area contributed by atoms with Gasteiger partial charge in [-0.15, -0.1) is 0 Å². The van der Waals surface area contributed by atoms with Crippen LogP contribution in [0.25, 0.3) is 0 Å². The van der Waals surface area contributed by atoms with Crippen molar-refractivity contribution in [2.24, 2.45) is 5.92 Å². The van der Waals surface area contributed by atoms with Gasteiger partial charge in [0.05, 0.1) is 5.69 Å². The van der Waals surface area contributed by atoms with Crippen molar-refractivity contribution in [2.75, 3.05) is 5.32 Å². The van der Waals surface area contributed by atoms with Crippen LogP contribution in [0.15, 0.2) is 16.6 Å². The van der Waals surface area contributed by atoms with E-state index >= 15 is 0 Å². The van der Waals surface area contributed by atoms with E-state index in [0.29, 0.717) is 5.56 Å². The highest BCUT2D eigenvalue weighted by Crippen LogP contribution is 2.40. The fraction of sp³-hybridized carbons (Fsp3) is 0.417. The Morgan fingerprint density at radius 2 is 1.57 bits per heavy atom. The predicted octanol–water partition coefficient (Wildman–Crippen LogP) is 4.75. The minimum Gasteiger partial charge on any atom is -0.324 e. The van der Waals surface area contributed by atoms with Crippen molar-refractivity contribution in [3.8, 4) is 0 Å². The molecule has 9 heteroatoms. The summed E-state index contributed by atoms with van der Waals surface area (Å²) < 4.78 is 74.9. The number of hydrogen-bond donors (Lipinski definition) is 1. The SMILES string of the molecule is Cc1cc(C)c(NC(=O)C(C(F)(F)F)C(F)(F)F)c(Br)c1. The fourth-order valence-electron chi connectivity index (χ4n) is 1.75. The molecule has 0 aromatic heterocycles. The van der Waals surface area contributed by atoms with Crippen molar-refractivity contribution in [3.63, 3.8) is 0 Å². The molecule has 0 fully saturated rings. The summed E-state index contributed by atoms with van der Waals surface area (Å²) in [6, 6.07) is 3.00. The zero-order chi connectivity index (χ0) is 16.6. The number of carbonyl (C=O) groups is 1. The Hall–Kier alpha value is -1.25. The van der Waals surface area contributed by atoms with Gasteiger partial charge >= 0.3 is 12.4 Å². The van der Waals surface area contributed by atoms with E-state index < -0.39 is 24.2 Å². The number of hydrogen-bond acceptors (Lipinski definition) is 1. The summed E-state index contributed by atoms with van der Waals surface area (Å²) in [6.07, 6.45) is -11.4. The summed E-state index contributed by atoms with van der Waals surface area (Å²) in [5.74, 6) is -6.24. The van der Waals surface area contributed by atoms with Crippen molar-refractivity contribution in [1.29, 1.82) is 0 Å². The molecule has 0 radical (unpaired) electrons. The number of anilines is 1. The molecule has 0 atom stereocenters. The highest BCUT2D eigenvalue weighted by molar-refractivity contribution is 9.10. The number of benzene rings is 1. The highest BCUT2D eigenvalue weighted by Gasteiger charge is 2.61. The maximum Gasteiger partial charge on any atom is 0.409 e. The van der Waals surface area contributed by atoms with Gasteiger partial charge in [0.1, 0.15) is 0 Å². The molecule has 1 rings (SSSR count). The van der Waals surface area contributed by atoms with E-state index in [1.165, 1.54) is 19.1 Å². The summed E-state index contributed by atoms with van der Waals surface area (Å²) in [5, 5.41) is 1.69. The van der Waals surface area contributed by atoms with E-state index in [0.717, 1.165) is 5.56 Å². The van der Waals surface area contributed by atoms with Gasteiger partial charge in [-0.05, 0) is 47.0 Å². The van der Waals surface area contributed by atoms with Gasteiger partial charge < -0.3 is 5.32 Å². The molecule has 21 heavy (non-hydrogen) atoms. The Morgan fingerprint density at radius 3 is 1.95 bits per heavy atom. The maximum absolute atomic E-state index is 12.4. The Kier molecular flexibility index (Phi) is 4.97. The molecule has 1 aromatic rings. The second-order valence-corrected chi connectivity index (χ2v) is 5.30. The quantitative estimate of drug-likeness (QED) is 0.740. The Balaban J connectivity index is 3.15. The lowest BCUT2D eigenvalue weighted by Crippen LogP contribution is -2.45. The number of rotatable bonds is 2. The van der Waals surface area contributed by atoms with Crippen LogP contribution in [0.1, 0.15) is 11.1 Å². The second kappa shape index (κ2) is 5.86. The topological polar surface area (TPSA) is 29.1 Å². The van der Waals surface area contributed by atoms with Gasteiger partial charge in [-0.1, -0.05) is 6.07 Å². The molecule has 0 aliphatic rings. The van der Waals surface area contributed by atoms with Crippen LogP contribution in [-0.2, 0) is 4.79 Å². The van der Waals surface area contributed by atoms with Gasteiger partial charge in [0.25, 0.3) is 0 Å². The number of nitrogens with one attached hydrogen (secondary N) is 1. The lowest BCUT2D eigenvalue weighted by molar-refractivity contribution is -0.272. The van der Waals surface area contributed by atoms with Crippen LogP contribution in [0.4, 0.5) is 32.0 Å². The summed E-state index contributed by atoms with van der Waals surface area (Å²) in [7, 11) is 0. The normalized spacial score (nSPS) is 12.7. The predicted molar refractivity (Wildman–Crippen MR) is 67.8 cm³/mol. The van der Waals surface area contributed by atoms with Crippen LogP contribution in [0, 0.1) is 19.8 Å². The van der Waals surface area contributed by atoms with Crippen LogP contribution >= 0.6 is 15.9 Å². The van der Waals surface area contributed by atoms with E-state index in [2.05, 4.69) is 15.9 Å². The summed E-state index contributed by atoms with van der Waals surface area (Å²) >= 11 is 3.00. The van der Waals surface area contributed by atoms with Crippen molar-refractivity contribution in [2.45, 2.75) is 26.2 Å². The molecule has 0 spiro atoms. The lowest BCUT2D eigenvalue weighted by Gasteiger charge is -2.23. The molecular weight excluding hydrogens is 368 g/mol. The van der Waals surface area contributed by atoms with Crippen molar-refractivity contribution < 1.29 is 31.1 Å². The Labute approximate surface area is 124 Å². The van der Waals surface area contributed by atoms with E-state index in [1.54, 1.807) is 12.2 Å². The molecule has 0 aliphatic heterocycles. The van der Waals surface area contributed by atoms with Gasteiger partial charge in [-0.2, -0.15) is 26.3 Å². The second-order valence-electron chi connectivity index (χ2n) is 4.44. The minimum absolute atomic E-state index is 0.121. The van der Waals surface area contributed by atoms with Crippen LogP contribution in [-0.4, -0.2) is 18.3 Å². The van der Waals surface area contributed by atoms with Gasteiger partial charge in [-0.3, -0.25) is 4.79 Å². The fourth-order valence-corrected chi connectivity index (χ4v) is 2.53. The van der Waals surface area contributed by atoms with Crippen molar-refractivity contribution >= 4 is 27.5 Å². The molecule has 0 saturated carbocycles.